The van der Waals surface area contributed by atoms with Crippen molar-refractivity contribution in [3.8, 4) is 0 Å². The topological polar surface area (TPSA) is 178 Å². The normalized spacial score (nSPS) is 14.1. The van der Waals surface area contributed by atoms with E-state index in [1.807, 2.05) is 0 Å². The van der Waals surface area contributed by atoms with Gasteiger partial charge in [-0.05, 0) is 45.6 Å². The zero-order valence-electron chi connectivity index (χ0n) is 34.0. The summed E-state index contributed by atoms with van der Waals surface area (Å²) in [6.45, 7) is 10.6. The van der Waals surface area contributed by atoms with Crippen LogP contribution in [0, 0.1) is 5.92 Å². The number of esters is 6. The Morgan fingerprint density at radius 2 is 1.07 bits per heavy atom. The molecule has 0 aromatic heterocycles. The number of halogens is 7. The third-order valence-electron chi connectivity index (χ3n) is 6.75. The van der Waals surface area contributed by atoms with Crippen molar-refractivity contribution in [2.24, 2.45) is 5.92 Å². The minimum absolute atomic E-state index is 0. The van der Waals surface area contributed by atoms with Crippen LogP contribution in [-0.4, -0.2) is 116 Å². The molecule has 1 amide bonds. The number of nitrogens with zero attached hydrogens (tertiary/aromatic N) is 1. The van der Waals surface area contributed by atoms with Crippen molar-refractivity contribution in [1.29, 1.82) is 0 Å². The number of hydrogen-bond donors (Lipinski definition) is 0. The Morgan fingerprint density at radius 3 is 1.34 bits per heavy atom. The number of allylic oxidation sites excluding steroid dienone is 5. The summed E-state index contributed by atoms with van der Waals surface area (Å²) < 4.78 is 28.5. The fraction of sp³-hybridized carbons (Fsp3) is 0.605. The van der Waals surface area contributed by atoms with E-state index in [9.17, 15) is 33.6 Å². The molecule has 0 saturated heterocycles. The van der Waals surface area contributed by atoms with Gasteiger partial charge < -0.3 is 33.3 Å². The molecular formula is C38H58Br7NO13. The molecule has 0 heterocycles. The SMILES string of the molecule is C.C=C(Br)CBr.C=C(Br)CC(C(=O)OC)C(=O)OC.C=C(Br)CCC(=O)OC.CN(C)C(=O)CCC1=CC1.COC(=O)CC(=O)OC.COC(=O)CCC1(Br)CC1(Br)Br. The summed E-state index contributed by atoms with van der Waals surface area (Å²) in [4.78, 5) is 76.5. The molecule has 2 rings (SSSR count). The Labute approximate surface area is 408 Å². The van der Waals surface area contributed by atoms with Crippen LogP contribution in [0.4, 0.5) is 0 Å². The van der Waals surface area contributed by atoms with Gasteiger partial charge in [-0.15, -0.1) is 0 Å². The van der Waals surface area contributed by atoms with E-state index in [1.165, 1.54) is 48.2 Å². The summed E-state index contributed by atoms with van der Waals surface area (Å²) in [6, 6.07) is 0. The fourth-order valence-electron chi connectivity index (χ4n) is 3.12. The third kappa shape index (κ3) is 40.4. The van der Waals surface area contributed by atoms with E-state index in [4.69, 9.17) is 0 Å². The number of alkyl halides is 4. The molecule has 0 radical (unpaired) electrons. The van der Waals surface area contributed by atoms with Gasteiger partial charge in [0.1, 0.15) is 6.42 Å². The van der Waals surface area contributed by atoms with Gasteiger partial charge in [0.2, 0.25) is 5.91 Å². The zero-order chi connectivity index (χ0) is 46.2. The number of carbonyl (C=O) groups excluding carboxylic acids is 7. The maximum Gasteiger partial charge on any atom is 0.320 e. The summed E-state index contributed by atoms with van der Waals surface area (Å²) in [5.74, 6) is -3.45. The lowest BCUT2D eigenvalue weighted by Crippen LogP contribution is -2.26. The molecule has 2 aliphatic carbocycles. The first-order valence-electron chi connectivity index (χ1n) is 16.7. The van der Waals surface area contributed by atoms with Crippen molar-refractivity contribution in [3.05, 3.63) is 44.8 Å². The molecule has 1 saturated carbocycles. The molecule has 59 heavy (non-hydrogen) atoms. The molecule has 0 aliphatic heterocycles. The quantitative estimate of drug-likeness (QED) is 0.0469. The first-order chi connectivity index (χ1) is 26.8. The molecule has 1 atom stereocenters. The highest BCUT2D eigenvalue weighted by Gasteiger charge is 2.63. The Balaban J connectivity index is -0.000000201. The van der Waals surface area contributed by atoms with Crippen molar-refractivity contribution in [3.63, 3.8) is 0 Å². The van der Waals surface area contributed by atoms with Gasteiger partial charge in [0, 0.05) is 38.7 Å². The summed E-state index contributed by atoms with van der Waals surface area (Å²) in [5.41, 5.74) is 1.44. The summed E-state index contributed by atoms with van der Waals surface area (Å²) >= 11 is 23.1. The molecule has 21 heteroatoms. The lowest BCUT2D eigenvalue weighted by atomic mass is 10.1. The Hall–Kier alpha value is -1.39. The zero-order valence-corrected chi connectivity index (χ0v) is 45.1. The Kier molecular flexibility index (Phi) is 43.3. The average Bonchev–Trinajstić information content (AvgIpc) is 4.10. The highest BCUT2D eigenvalue weighted by atomic mass is 79.9. The number of rotatable bonds is 16. The fourth-order valence-corrected chi connectivity index (χ4v) is 6.37. The van der Waals surface area contributed by atoms with Crippen LogP contribution in [-0.2, 0) is 62.0 Å². The largest absolute Gasteiger partial charge is 0.469 e. The molecule has 0 spiro atoms. The molecule has 342 valence electrons. The summed E-state index contributed by atoms with van der Waals surface area (Å²) in [7, 11) is 11.2. The van der Waals surface area contributed by atoms with E-state index in [0.29, 0.717) is 30.2 Å². The lowest BCUT2D eigenvalue weighted by molar-refractivity contribution is -0.159. The van der Waals surface area contributed by atoms with Crippen LogP contribution in [0.5, 0.6) is 0 Å². The minimum atomic E-state index is -0.929. The van der Waals surface area contributed by atoms with Gasteiger partial charge >= 0.3 is 35.8 Å². The van der Waals surface area contributed by atoms with E-state index in [-0.39, 0.29) is 45.7 Å². The number of carbonyl (C=O) groups is 7. The predicted octanol–water partition coefficient (Wildman–Crippen LogP) is 9.89. The maximum atomic E-state index is 11.1. The van der Waals surface area contributed by atoms with Crippen molar-refractivity contribution in [2.75, 3.05) is 62.1 Å². The van der Waals surface area contributed by atoms with E-state index >= 15 is 0 Å². The molecule has 1 unspecified atom stereocenters. The molecular weight excluding hydrogens is 1240 g/mol. The van der Waals surface area contributed by atoms with Crippen LogP contribution < -0.4 is 0 Å². The highest BCUT2D eigenvalue weighted by molar-refractivity contribution is 9.26. The predicted molar refractivity (Wildman–Crippen MR) is 256 cm³/mol. The van der Waals surface area contributed by atoms with Crippen LogP contribution in [0.1, 0.15) is 71.6 Å². The van der Waals surface area contributed by atoms with Crippen LogP contribution in [0.15, 0.2) is 44.8 Å². The molecule has 14 nitrogen and oxygen atoms in total. The first-order valence-corrected chi connectivity index (χ1v) is 22.6. The number of amides is 1. The second-order valence-electron chi connectivity index (χ2n) is 11.7. The van der Waals surface area contributed by atoms with Crippen molar-refractivity contribution >= 4 is 153 Å². The molecule has 0 aromatic rings. The number of ether oxygens (including phenoxy) is 6. The van der Waals surface area contributed by atoms with E-state index < -0.39 is 29.8 Å². The second-order valence-corrected chi connectivity index (χ2v) is 20.9. The lowest BCUT2D eigenvalue weighted by Gasteiger charge is -2.10. The van der Waals surface area contributed by atoms with Gasteiger partial charge in [0.15, 0.2) is 5.92 Å². The van der Waals surface area contributed by atoms with Crippen LogP contribution in [0.2, 0.25) is 0 Å². The molecule has 2 aliphatic rings. The Bertz CT molecular complexity index is 1380. The second kappa shape index (κ2) is 38.3. The number of methoxy groups -OCH3 is 6. The monoisotopic (exact) mass is 1290 g/mol. The van der Waals surface area contributed by atoms with E-state index in [0.717, 1.165) is 40.0 Å². The molecule has 0 bridgehead atoms. The van der Waals surface area contributed by atoms with Crippen LogP contribution in [0.25, 0.3) is 0 Å². The molecule has 0 N–H and O–H groups in total. The Morgan fingerprint density at radius 1 is 0.678 bits per heavy atom. The van der Waals surface area contributed by atoms with Crippen molar-refractivity contribution in [1.82, 2.24) is 4.90 Å². The van der Waals surface area contributed by atoms with E-state index in [2.05, 4.69) is 166 Å². The van der Waals surface area contributed by atoms with Gasteiger partial charge in [-0.1, -0.05) is 150 Å². The van der Waals surface area contributed by atoms with Gasteiger partial charge in [0.05, 0.1) is 56.6 Å². The minimum Gasteiger partial charge on any atom is -0.469 e. The van der Waals surface area contributed by atoms with Gasteiger partial charge in [0.25, 0.3) is 0 Å². The molecule has 0 aromatic carbocycles. The summed E-state index contributed by atoms with van der Waals surface area (Å²) in [5, 5.41) is 0.840. The van der Waals surface area contributed by atoms with E-state index in [1.54, 1.807) is 19.0 Å². The standard InChI is InChI=1S/C8H11BrO4.C8H13NO.C7H9Br3O2.C6H9BrO2.C5H8O4.C3H4Br2.CH4/c1-5(9)4-6(7(10)12-2)8(11)13-3;1-9(2)8(10)6-5-7-3-4-7;1-12-5(11)2-3-6(8)4-7(6,9)10;1-5(7)3-4-6(8)9-2;1-8-4(6)3-5(7)9-2;1-3(5)2-4;/h6H,1,4H2,2-3H3;3H,4-6H2,1-2H3;2-4H2,1H3;1,3-4H2,2H3;3H2,1-2H3;1-2H2;1H4. The smallest absolute Gasteiger partial charge is 0.320 e. The van der Waals surface area contributed by atoms with Crippen LogP contribution in [0.3, 0.4) is 0 Å². The van der Waals surface area contributed by atoms with Gasteiger partial charge in [-0.2, -0.15) is 0 Å². The van der Waals surface area contributed by atoms with Crippen molar-refractivity contribution in [2.45, 2.75) is 79.2 Å². The number of hydrogen-bond acceptors (Lipinski definition) is 13. The molecule has 1 fully saturated rings. The average molecular weight is 1300 g/mol. The van der Waals surface area contributed by atoms with Gasteiger partial charge in [-0.25, -0.2) is 0 Å². The van der Waals surface area contributed by atoms with Crippen molar-refractivity contribution < 1.29 is 62.0 Å². The summed E-state index contributed by atoms with van der Waals surface area (Å²) in [6.07, 6.45) is 8.10. The van der Waals surface area contributed by atoms with Crippen LogP contribution >= 0.6 is 112 Å². The van der Waals surface area contributed by atoms with Gasteiger partial charge in [-0.3, -0.25) is 33.6 Å². The highest BCUT2D eigenvalue weighted by Crippen LogP contribution is 2.67. The maximum absolute atomic E-state index is 11.1. The third-order valence-corrected chi connectivity index (χ3v) is 13.7. The first kappa shape index (κ1) is 66.7.